The summed E-state index contributed by atoms with van der Waals surface area (Å²) in [7, 11) is 0. The van der Waals surface area contributed by atoms with Crippen LogP contribution in [0.4, 0.5) is 0 Å². The van der Waals surface area contributed by atoms with Crippen LogP contribution in [0, 0.1) is 0 Å². The largest absolute Gasteiger partial charge is 0.486 e. The van der Waals surface area contributed by atoms with Gasteiger partial charge in [0.1, 0.15) is 13.2 Å². The van der Waals surface area contributed by atoms with Crippen molar-refractivity contribution in [1.29, 1.82) is 0 Å². The monoisotopic (exact) mass is 275 g/mol. The molecule has 0 aliphatic carbocycles. The number of fused-ring (bicyclic) bond motifs is 1. The molecule has 3 rings (SSSR count). The molecule has 3 nitrogen and oxygen atoms in total. The van der Waals surface area contributed by atoms with Crippen LogP contribution in [0.15, 0.2) is 42.7 Å². The molecule has 98 valence electrons. The number of halogens is 1. The van der Waals surface area contributed by atoms with Crippen molar-refractivity contribution in [3.8, 4) is 11.5 Å². The number of hydrogen-bond acceptors (Lipinski definition) is 3. The van der Waals surface area contributed by atoms with E-state index in [0.29, 0.717) is 13.2 Å². The van der Waals surface area contributed by atoms with Crippen molar-refractivity contribution in [3.63, 3.8) is 0 Å². The van der Waals surface area contributed by atoms with Crippen molar-refractivity contribution in [1.82, 2.24) is 4.98 Å². The third-order valence-electron chi connectivity index (χ3n) is 3.09. The van der Waals surface area contributed by atoms with Gasteiger partial charge in [-0.1, -0.05) is 6.07 Å². The minimum atomic E-state index is -0.0850. The fourth-order valence-electron chi connectivity index (χ4n) is 2.10. The second-order valence-corrected chi connectivity index (χ2v) is 4.96. The summed E-state index contributed by atoms with van der Waals surface area (Å²) in [6.07, 6.45) is 4.33. The van der Waals surface area contributed by atoms with Gasteiger partial charge in [-0.15, -0.1) is 11.6 Å². The van der Waals surface area contributed by atoms with Gasteiger partial charge in [-0.25, -0.2) is 0 Å². The Labute approximate surface area is 117 Å². The SMILES string of the molecule is ClC(Cc1ccncc1)c1ccc2c(c1)OCCO2. The topological polar surface area (TPSA) is 31.4 Å². The fourth-order valence-corrected chi connectivity index (χ4v) is 2.41. The van der Waals surface area contributed by atoms with Gasteiger partial charge in [0.25, 0.3) is 0 Å². The van der Waals surface area contributed by atoms with Crippen molar-refractivity contribution < 1.29 is 9.47 Å². The van der Waals surface area contributed by atoms with Crippen LogP contribution in [-0.4, -0.2) is 18.2 Å². The molecule has 0 spiro atoms. The van der Waals surface area contributed by atoms with E-state index >= 15 is 0 Å². The van der Waals surface area contributed by atoms with Crippen molar-refractivity contribution in [2.75, 3.05) is 13.2 Å². The van der Waals surface area contributed by atoms with Gasteiger partial charge >= 0.3 is 0 Å². The number of pyridine rings is 1. The number of rotatable bonds is 3. The van der Waals surface area contributed by atoms with Crippen molar-refractivity contribution >= 4 is 11.6 Å². The average molecular weight is 276 g/mol. The number of ether oxygens (including phenoxy) is 2. The Morgan fingerprint density at radius 2 is 1.79 bits per heavy atom. The molecule has 4 heteroatoms. The molecule has 1 unspecified atom stereocenters. The first kappa shape index (κ1) is 12.3. The van der Waals surface area contributed by atoms with Crippen LogP contribution in [0.25, 0.3) is 0 Å². The summed E-state index contributed by atoms with van der Waals surface area (Å²) in [4.78, 5) is 4.00. The van der Waals surface area contributed by atoms with E-state index in [1.807, 2.05) is 30.3 Å². The van der Waals surface area contributed by atoms with Gasteiger partial charge in [-0.3, -0.25) is 4.98 Å². The molecule has 0 radical (unpaired) electrons. The van der Waals surface area contributed by atoms with Gasteiger partial charge in [-0.05, 0) is 41.8 Å². The standard InChI is InChI=1S/C15H14ClNO2/c16-13(9-11-3-5-17-6-4-11)12-1-2-14-15(10-12)19-8-7-18-14/h1-6,10,13H,7-9H2. The second kappa shape index (κ2) is 5.49. The zero-order chi connectivity index (χ0) is 13.1. The van der Waals surface area contributed by atoms with Gasteiger partial charge in [0.05, 0.1) is 5.38 Å². The van der Waals surface area contributed by atoms with Crippen LogP contribution >= 0.6 is 11.6 Å². The molecule has 0 amide bonds. The normalized spacial score (nSPS) is 15.0. The molecule has 1 aliphatic heterocycles. The maximum atomic E-state index is 6.47. The molecule has 1 aliphatic rings. The molecule has 0 saturated carbocycles. The highest BCUT2D eigenvalue weighted by Crippen LogP contribution is 2.35. The lowest BCUT2D eigenvalue weighted by Gasteiger charge is -2.20. The Morgan fingerprint density at radius 1 is 1.05 bits per heavy atom. The average Bonchev–Trinajstić information content (AvgIpc) is 2.48. The van der Waals surface area contributed by atoms with Crippen molar-refractivity contribution in [3.05, 3.63) is 53.9 Å². The summed E-state index contributed by atoms with van der Waals surface area (Å²) in [6.45, 7) is 1.20. The van der Waals surface area contributed by atoms with Crippen LogP contribution in [0.2, 0.25) is 0 Å². The molecule has 2 aromatic rings. The van der Waals surface area contributed by atoms with E-state index in [1.165, 1.54) is 5.56 Å². The molecule has 0 saturated heterocycles. The minimum absolute atomic E-state index is 0.0850. The zero-order valence-corrected chi connectivity index (χ0v) is 11.1. The van der Waals surface area contributed by atoms with E-state index in [1.54, 1.807) is 12.4 Å². The van der Waals surface area contributed by atoms with E-state index in [-0.39, 0.29) is 5.38 Å². The van der Waals surface area contributed by atoms with Crippen molar-refractivity contribution in [2.45, 2.75) is 11.8 Å². The van der Waals surface area contributed by atoms with Crippen LogP contribution in [-0.2, 0) is 6.42 Å². The number of alkyl halides is 1. The highest BCUT2D eigenvalue weighted by molar-refractivity contribution is 6.21. The molecule has 2 heterocycles. The number of benzene rings is 1. The van der Waals surface area contributed by atoms with E-state index in [2.05, 4.69) is 4.98 Å². The predicted molar refractivity (Wildman–Crippen MR) is 74.0 cm³/mol. The first-order chi connectivity index (χ1) is 9.33. The highest BCUT2D eigenvalue weighted by atomic mass is 35.5. The number of nitrogens with zero attached hydrogens (tertiary/aromatic N) is 1. The fraction of sp³-hybridized carbons (Fsp3) is 0.267. The molecule has 0 bridgehead atoms. The molecule has 1 atom stereocenters. The Morgan fingerprint density at radius 3 is 2.58 bits per heavy atom. The summed E-state index contributed by atoms with van der Waals surface area (Å²) < 4.78 is 11.1. The molecular formula is C15H14ClNO2. The van der Waals surface area contributed by atoms with Gasteiger partial charge in [0.15, 0.2) is 11.5 Å². The summed E-state index contributed by atoms with van der Waals surface area (Å²) in [6, 6.07) is 9.84. The Balaban J connectivity index is 1.78. The summed E-state index contributed by atoms with van der Waals surface area (Å²) in [5.74, 6) is 1.58. The van der Waals surface area contributed by atoms with Gasteiger partial charge in [0, 0.05) is 12.4 Å². The summed E-state index contributed by atoms with van der Waals surface area (Å²) in [5.41, 5.74) is 2.22. The lowest BCUT2D eigenvalue weighted by molar-refractivity contribution is 0.171. The van der Waals surface area contributed by atoms with E-state index in [0.717, 1.165) is 23.5 Å². The maximum Gasteiger partial charge on any atom is 0.161 e. The lowest BCUT2D eigenvalue weighted by atomic mass is 10.0. The van der Waals surface area contributed by atoms with Crippen LogP contribution in [0.5, 0.6) is 11.5 Å². The molecule has 0 fully saturated rings. The van der Waals surface area contributed by atoms with Gasteiger partial charge in [-0.2, -0.15) is 0 Å². The molecular weight excluding hydrogens is 262 g/mol. The Hall–Kier alpha value is -1.74. The van der Waals surface area contributed by atoms with Crippen LogP contribution in [0.3, 0.4) is 0 Å². The highest BCUT2D eigenvalue weighted by Gasteiger charge is 2.15. The maximum absolute atomic E-state index is 6.47. The molecule has 1 aromatic heterocycles. The first-order valence-electron chi connectivity index (χ1n) is 6.25. The molecule has 1 aromatic carbocycles. The van der Waals surface area contributed by atoms with E-state index in [9.17, 15) is 0 Å². The van der Waals surface area contributed by atoms with Crippen LogP contribution in [0.1, 0.15) is 16.5 Å². The van der Waals surface area contributed by atoms with Gasteiger partial charge in [0.2, 0.25) is 0 Å². The summed E-state index contributed by atoms with van der Waals surface area (Å²) in [5, 5.41) is -0.0850. The minimum Gasteiger partial charge on any atom is -0.486 e. The van der Waals surface area contributed by atoms with Crippen LogP contribution < -0.4 is 9.47 Å². The number of hydrogen-bond donors (Lipinski definition) is 0. The molecule has 0 N–H and O–H groups in total. The summed E-state index contributed by atoms with van der Waals surface area (Å²) >= 11 is 6.47. The lowest BCUT2D eigenvalue weighted by Crippen LogP contribution is -2.15. The van der Waals surface area contributed by atoms with E-state index in [4.69, 9.17) is 21.1 Å². The Kier molecular flexibility index (Phi) is 3.56. The number of aromatic nitrogens is 1. The molecule has 19 heavy (non-hydrogen) atoms. The predicted octanol–water partition coefficient (Wildman–Crippen LogP) is 3.38. The third-order valence-corrected chi connectivity index (χ3v) is 3.50. The first-order valence-corrected chi connectivity index (χ1v) is 6.69. The second-order valence-electron chi connectivity index (χ2n) is 4.43. The Bertz CT molecular complexity index is 559. The quantitative estimate of drug-likeness (QED) is 0.805. The van der Waals surface area contributed by atoms with Gasteiger partial charge < -0.3 is 9.47 Å². The third kappa shape index (κ3) is 2.82. The smallest absolute Gasteiger partial charge is 0.161 e. The van der Waals surface area contributed by atoms with Crippen molar-refractivity contribution in [2.24, 2.45) is 0 Å². The van der Waals surface area contributed by atoms with E-state index < -0.39 is 0 Å². The zero-order valence-electron chi connectivity index (χ0n) is 10.4.